The molecule has 0 bridgehead atoms. The molecule has 1 saturated heterocycles. The highest BCUT2D eigenvalue weighted by molar-refractivity contribution is 6.04. The molecule has 0 radical (unpaired) electrons. The molecule has 4 aromatic rings. The predicted molar refractivity (Wildman–Crippen MR) is 144 cm³/mol. The van der Waals surface area contributed by atoms with Crippen LogP contribution in [-0.2, 0) is 25.6 Å². The molecule has 2 aromatic carbocycles. The Morgan fingerprint density at radius 1 is 1.00 bits per heavy atom. The number of nitrogens with zero attached hydrogens (tertiary/aromatic N) is 5. The number of carbonyl (C=O) groups is 1. The van der Waals surface area contributed by atoms with Crippen molar-refractivity contribution in [3.05, 3.63) is 94.4 Å². The third-order valence-electron chi connectivity index (χ3n) is 7.27. The number of aromatic nitrogens is 3. The van der Waals surface area contributed by atoms with E-state index in [0.717, 1.165) is 54.7 Å². The summed E-state index contributed by atoms with van der Waals surface area (Å²) in [6, 6.07) is 13.1. The molecule has 7 nitrogen and oxygen atoms in total. The molecule has 1 fully saturated rings. The second kappa shape index (κ2) is 11.2. The van der Waals surface area contributed by atoms with Crippen molar-refractivity contribution >= 4 is 17.2 Å². The fourth-order valence-electron chi connectivity index (χ4n) is 4.90. The Hall–Kier alpha value is -3.76. The lowest BCUT2D eigenvalue weighted by Crippen LogP contribution is -2.44. The van der Waals surface area contributed by atoms with Gasteiger partial charge < -0.3 is 10.2 Å². The Morgan fingerprint density at radius 2 is 1.79 bits per heavy atom. The van der Waals surface area contributed by atoms with E-state index in [1.807, 2.05) is 37.1 Å². The van der Waals surface area contributed by atoms with Gasteiger partial charge in [-0.05, 0) is 79.9 Å². The number of anilines is 1. The standard InChI is InChI=1S/C29H31F3N6O/c1-20-5-6-22(16-21(20)8-10-25-18-33-27-4-3-11-34-38(25)27)28(39)35-24-9-7-23(26(17-24)29(30,31)32)19-37-14-12-36(2)13-15-37/h3-7,9,11,16-18H,8,10,12-15,19H2,1-2H3,(H,35,39). The van der Waals surface area contributed by atoms with Crippen LogP contribution in [0, 0.1) is 6.92 Å². The van der Waals surface area contributed by atoms with Crippen LogP contribution in [0.15, 0.2) is 60.9 Å². The lowest BCUT2D eigenvalue weighted by Gasteiger charge is -2.33. The van der Waals surface area contributed by atoms with Crippen molar-refractivity contribution in [2.24, 2.45) is 0 Å². The fourth-order valence-corrected chi connectivity index (χ4v) is 4.90. The van der Waals surface area contributed by atoms with Gasteiger partial charge in [0.1, 0.15) is 0 Å². The van der Waals surface area contributed by atoms with E-state index in [-0.39, 0.29) is 17.8 Å². The van der Waals surface area contributed by atoms with E-state index in [0.29, 0.717) is 18.4 Å². The zero-order chi connectivity index (χ0) is 27.6. The number of fused-ring (bicyclic) bond motifs is 1. The number of rotatable bonds is 7. The van der Waals surface area contributed by atoms with Crippen molar-refractivity contribution in [1.82, 2.24) is 24.4 Å². The van der Waals surface area contributed by atoms with E-state index in [1.54, 1.807) is 35.1 Å². The van der Waals surface area contributed by atoms with Gasteiger partial charge in [0.15, 0.2) is 5.65 Å². The Balaban J connectivity index is 1.30. The number of likely N-dealkylation sites (N-methyl/N-ethyl adjacent to an activating group) is 1. The highest BCUT2D eigenvalue weighted by atomic mass is 19.4. The number of benzene rings is 2. The van der Waals surface area contributed by atoms with Crippen LogP contribution in [0.1, 0.15) is 38.3 Å². The normalized spacial score (nSPS) is 15.1. The van der Waals surface area contributed by atoms with Crippen molar-refractivity contribution in [1.29, 1.82) is 0 Å². The number of amides is 1. The van der Waals surface area contributed by atoms with Crippen LogP contribution in [0.3, 0.4) is 0 Å². The van der Waals surface area contributed by atoms with Crippen LogP contribution in [0.2, 0.25) is 0 Å². The highest BCUT2D eigenvalue weighted by Gasteiger charge is 2.34. The van der Waals surface area contributed by atoms with E-state index in [4.69, 9.17) is 0 Å². The van der Waals surface area contributed by atoms with Gasteiger partial charge in [-0.1, -0.05) is 12.1 Å². The van der Waals surface area contributed by atoms with E-state index in [2.05, 4.69) is 20.3 Å². The maximum atomic E-state index is 14.0. The summed E-state index contributed by atoms with van der Waals surface area (Å²) in [5.74, 6) is -0.451. The van der Waals surface area contributed by atoms with Gasteiger partial charge >= 0.3 is 6.18 Å². The number of imidazole rings is 1. The van der Waals surface area contributed by atoms with E-state index in [1.165, 1.54) is 6.07 Å². The summed E-state index contributed by atoms with van der Waals surface area (Å²) >= 11 is 0. The molecule has 0 aliphatic carbocycles. The summed E-state index contributed by atoms with van der Waals surface area (Å²) in [4.78, 5) is 21.6. The SMILES string of the molecule is Cc1ccc(C(=O)Nc2ccc(CN3CCN(C)CC3)c(C(F)(F)F)c2)cc1CCc1cnc2cccnn12. The molecule has 39 heavy (non-hydrogen) atoms. The molecule has 0 atom stereocenters. The Kier molecular flexibility index (Phi) is 7.67. The fraction of sp³-hybridized carbons (Fsp3) is 0.345. The number of halogens is 3. The minimum absolute atomic E-state index is 0.119. The van der Waals surface area contributed by atoms with Crippen LogP contribution in [0.4, 0.5) is 18.9 Å². The van der Waals surface area contributed by atoms with Gasteiger partial charge in [0.05, 0.1) is 17.5 Å². The molecule has 1 aliphatic heterocycles. The average molecular weight is 537 g/mol. The third-order valence-corrected chi connectivity index (χ3v) is 7.27. The van der Waals surface area contributed by atoms with E-state index >= 15 is 0 Å². The molecule has 0 spiro atoms. The maximum Gasteiger partial charge on any atom is 0.416 e. The first-order valence-corrected chi connectivity index (χ1v) is 13.0. The van der Waals surface area contributed by atoms with Gasteiger partial charge in [-0.2, -0.15) is 18.3 Å². The number of piperazine rings is 1. The number of hydrogen-bond donors (Lipinski definition) is 1. The quantitative estimate of drug-likeness (QED) is 0.366. The highest BCUT2D eigenvalue weighted by Crippen LogP contribution is 2.34. The summed E-state index contributed by atoms with van der Waals surface area (Å²) in [6.07, 6.45) is 0.314. The lowest BCUT2D eigenvalue weighted by atomic mass is 9.99. The molecule has 0 saturated carbocycles. The predicted octanol–water partition coefficient (Wildman–Crippen LogP) is 4.84. The molecule has 1 aliphatic rings. The summed E-state index contributed by atoms with van der Waals surface area (Å²) in [6.45, 7) is 5.28. The van der Waals surface area contributed by atoms with Crippen molar-refractivity contribution < 1.29 is 18.0 Å². The molecule has 204 valence electrons. The maximum absolute atomic E-state index is 14.0. The smallest absolute Gasteiger partial charge is 0.322 e. The zero-order valence-electron chi connectivity index (χ0n) is 22.0. The van der Waals surface area contributed by atoms with Gasteiger partial charge in [0.2, 0.25) is 0 Å². The third kappa shape index (κ3) is 6.29. The molecule has 1 N–H and O–H groups in total. The number of hydrogen-bond acceptors (Lipinski definition) is 5. The van der Waals surface area contributed by atoms with Crippen molar-refractivity contribution in [3.63, 3.8) is 0 Å². The Morgan fingerprint density at radius 3 is 2.56 bits per heavy atom. The van der Waals surface area contributed by atoms with Crippen LogP contribution >= 0.6 is 0 Å². The van der Waals surface area contributed by atoms with Crippen LogP contribution < -0.4 is 5.32 Å². The molecule has 10 heteroatoms. The van der Waals surface area contributed by atoms with Gasteiger partial charge in [-0.15, -0.1) is 0 Å². The van der Waals surface area contributed by atoms with Gasteiger partial charge in [-0.3, -0.25) is 9.69 Å². The first kappa shape index (κ1) is 26.8. The largest absolute Gasteiger partial charge is 0.416 e. The summed E-state index contributed by atoms with van der Waals surface area (Å²) in [7, 11) is 2.01. The van der Waals surface area contributed by atoms with E-state index < -0.39 is 17.6 Å². The summed E-state index contributed by atoms with van der Waals surface area (Å²) < 4.78 is 43.6. The molecule has 1 amide bonds. The van der Waals surface area contributed by atoms with Crippen LogP contribution in [-0.4, -0.2) is 63.5 Å². The second-order valence-corrected chi connectivity index (χ2v) is 10.1. The molecule has 5 rings (SSSR count). The van der Waals surface area contributed by atoms with E-state index in [9.17, 15) is 18.0 Å². The topological polar surface area (TPSA) is 65.8 Å². The minimum Gasteiger partial charge on any atom is -0.322 e. The van der Waals surface area contributed by atoms with Crippen molar-refractivity contribution in [2.75, 3.05) is 38.5 Å². The van der Waals surface area contributed by atoms with Gasteiger partial charge in [-0.25, -0.2) is 9.50 Å². The second-order valence-electron chi connectivity index (χ2n) is 10.1. The molecular weight excluding hydrogens is 505 g/mol. The first-order valence-electron chi connectivity index (χ1n) is 13.0. The molecular formula is C29H31F3N6O. The number of aryl methyl sites for hydroxylation is 3. The molecule has 0 unspecified atom stereocenters. The van der Waals surface area contributed by atoms with Crippen molar-refractivity contribution in [3.8, 4) is 0 Å². The number of nitrogens with one attached hydrogen (secondary N) is 1. The number of carbonyl (C=O) groups excluding carboxylic acids is 1. The summed E-state index contributed by atoms with van der Waals surface area (Å²) in [5.41, 5.74) is 3.74. The lowest BCUT2D eigenvalue weighted by molar-refractivity contribution is -0.138. The Bertz CT molecular complexity index is 1470. The Labute approximate surface area is 225 Å². The van der Waals surface area contributed by atoms with Gasteiger partial charge in [0, 0.05) is 50.2 Å². The van der Waals surface area contributed by atoms with Crippen LogP contribution in [0.5, 0.6) is 0 Å². The van der Waals surface area contributed by atoms with Crippen molar-refractivity contribution in [2.45, 2.75) is 32.5 Å². The monoisotopic (exact) mass is 536 g/mol. The minimum atomic E-state index is -4.52. The average Bonchev–Trinajstić information content (AvgIpc) is 3.33. The number of alkyl halides is 3. The molecule has 2 aromatic heterocycles. The van der Waals surface area contributed by atoms with Gasteiger partial charge in [0.25, 0.3) is 5.91 Å². The zero-order valence-corrected chi connectivity index (χ0v) is 22.0. The summed E-state index contributed by atoms with van der Waals surface area (Å²) in [5, 5.41) is 7.00. The first-order chi connectivity index (χ1) is 18.7. The van der Waals surface area contributed by atoms with Crippen LogP contribution in [0.25, 0.3) is 5.65 Å². The molecule has 3 heterocycles.